The second-order valence-corrected chi connectivity index (χ2v) is 2.77. The Hall–Kier alpha value is -0.690. The molecule has 0 aliphatic carbocycles. The first-order chi connectivity index (χ1) is 5.54. The average molecular weight is 177 g/mol. The third kappa shape index (κ3) is 1.56. The number of hydrogen-bond donors (Lipinski definition) is 5. The predicted octanol–water partition coefficient (Wildman–Crippen LogP) is -2.87. The Morgan fingerprint density at radius 2 is 1.83 bits per heavy atom. The van der Waals surface area contributed by atoms with Gasteiger partial charge in [0, 0.05) is 6.54 Å². The summed E-state index contributed by atoms with van der Waals surface area (Å²) in [6.45, 7) is -0.0325. The van der Waals surface area contributed by atoms with E-state index < -0.39 is 30.3 Å². The van der Waals surface area contributed by atoms with E-state index in [2.05, 4.69) is 5.32 Å². The summed E-state index contributed by atoms with van der Waals surface area (Å²) in [5, 5.41) is 38.1. The Morgan fingerprint density at radius 3 is 2.33 bits per heavy atom. The van der Waals surface area contributed by atoms with Crippen molar-refractivity contribution in [3.8, 4) is 0 Å². The lowest BCUT2D eigenvalue weighted by Crippen LogP contribution is -2.62. The van der Waals surface area contributed by atoms with E-state index in [1.165, 1.54) is 0 Å². The lowest BCUT2D eigenvalue weighted by atomic mass is 9.96. The molecule has 12 heavy (non-hydrogen) atoms. The molecule has 1 aliphatic heterocycles. The zero-order chi connectivity index (χ0) is 9.30. The zero-order valence-corrected chi connectivity index (χ0v) is 6.21. The Morgan fingerprint density at radius 1 is 1.25 bits per heavy atom. The van der Waals surface area contributed by atoms with Crippen LogP contribution >= 0.6 is 0 Å². The van der Waals surface area contributed by atoms with E-state index >= 15 is 0 Å². The SMILES string of the molecule is O=C(O)C1NCC(O)C(O)C1O. The molecule has 70 valence electrons. The number of β-amino-alcohol motifs (C(OH)–C–C–N with tert-alkyl or cyclic N) is 1. The topological polar surface area (TPSA) is 110 Å². The number of aliphatic hydroxyl groups excluding tert-OH is 3. The molecule has 1 rings (SSSR count). The molecule has 1 saturated heterocycles. The highest BCUT2D eigenvalue weighted by molar-refractivity contribution is 5.74. The molecule has 6 heteroatoms. The van der Waals surface area contributed by atoms with Gasteiger partial charge >= 0.3 is 5.97 Å². The van der Waals surface area contributed by atoms with Crippen molar-refractivity contribution in [3.05, 3.63) is 0 Å². The summed E-state index contributed by atoms with van der Waals surface area (Å²) in [6.07, 6.45) is -3.98. The Kier molecular flexibility index (Phi) is 2.63. The van der Waals surface area contributed by atoms with Crippen LogP contribution in [0.4, 0.5) is 0 Å². The van der Waals surface area contributed by atoms with Crippen molar-refractivity contribution in [2.24, 2.45) is 0 Å². The minimum absolute atomic E-state index is 0.0325. The average Bonchev–Trinajstić information content (AvgIpc) is 2.00. The Balaban J connectivity index is 2.65. The summed E-state index contributed by atoms with van der Waals surface area (Å²) in [4.78, 5) is 10.4. The van der Waals surface area contributed by atoms with E-state index in [-0.39, 0.29) is 6.54 Å². The standard InChI is InChI=1S/C6H11NO5/c8-2-1-7-3(6(11)12)5(10)4(2)9/h2-5,7-10H,1H2,(H,11,12). The van der Waals surface area contributed by atoms with Crippen LogP contribution in [-0.4, -0.2) is 57.3 Å². The third-order valence-corrected chi connectivity index (χ3v) is 1.90. The quantitative estimate of drug-likeness (QED) is 0.294. The van der Waals surface area contributed by atoms with Gasteiger partial charge in [-0.15, -0.1) is 0 Å². The molecule has 5 N–H and O–H groups in total. The van der Waals surface area contributed by atoms with Gasteiger partial charge < -0.3 is 20.4 Å². The van der Waals surface area contributed by atoms with Gasteiger partial charge in [-0.3, -0.25) is 10.1 Å². The van der Waals surface area contributed by atoms with Gasteiger partial charge in [-0.2, -0.15) is 0 Å². The van der Waals surface area contributed by atoms with Crippen LogP contribution in [0.15, 0.2) is 0 Å². The van der Waals surface area contributed by atoms with Gasteiger partial charge in [0.25, 0.3) is 0 Å². The van der Waals surface area contributed by atoms with Crippen LogP contribution in [-0.2, 0) is 4.79 Å². The van der Waals surface area contributed by atoms with E-state index in [1.807, 2.05) is 0 Å². The molecule has 0 aromatic carbocycles. The van der Waals surface area contributed by atoms with Crippen LogP contribution in [0.3, 0.4) is 0 Å². The normalized spacial score (nSPS) is 42.6. The molecule has 0 bridgehead atoms. The summed E-state index contributed by atoms with van der Waals surface area (Å²) < 4.78 is 0. The van der Waals surface area contributed by atoms with Crippen molar-refractivity contribution < 1.29 is 25.2 Å². The van der Waals surface area contributed by atoms with Crippen molar-refractivity contribution in [2.45, 2.75) is 24.4 Å². The number of aliphatic hydroxyl groups is 3. The van der Waals surface area contributed by atoms with E-state index in [0.29, 0.717) is 0 Å². The molecule has 1 aliphatic rings. The number of nitrogens with one attached hydrogen (secondary N) is 1. The highest BCUT2D eigenvalue weighted by Crippen LogP contribution is 2.10. The predicted molar refractivity (Wildman–Crippen MR) is 37.4 cm³/mol. The minimum atomic E-state index is -1.47. The van der Waals surface area contributed by atoms with Crippen LogP contribution in [0, 0.1) is 0 Å². The van der Waals surface area contributed by atoms with Gasteiger partial charge in [0.1, 0.15) is 18.2 Å². The fourth-order valence-electron chi connectivity index (χ4n) is 1.15. The van der Waals surface area contributed by atoms with E-state index in [0.717, 1.165) is 0 Å². The number of carboxylic acid groups (broad SMARTS) is 1. The van der Waals surface area contributed by atoms with Gasteiger partial charge in [0.05, 0.1) is 6.10 Å². The minimum Gasteiger partial charge on any atom is -0.480 e. The third-order valence-electron chi connectivity index (χ3n) is 1.90. The van der Waals surface area contributed by atoms with E-state index in [1.54, 1.807) is 0 Å². The molecule has 0 spiro atoms. The molecule has 0 amide bonds. The van der Waals surface area contributed by atoms with Gasteiger partial charge in [-0.25, -0.2) is 0 Å². The maximum absolute atomic E-state index is 10.4. The molecule has 0 saturated carbocycles. The maximum atomic E-state index is 10.4. The lowest BCUT2D eigenvalue weighted by Gasteiger charge is -2.33. The molecule has 6 nitrogen and oxygen atoms in total. The fraction of sp³-hybridized carbons (Fsp3) is 0.833. The molecule has 0 aromatic heterocycles. The van der Waals surface area contributed by atoms with Crippen molar-refractivity contribution in [3.63, 3.8) is 0 Å². The number of piperidine rings is 1. The summed E-state index contributed by atoms with van der Waals surface area (Å²) in [5.74, 6) is -1.24. The number of carboxylic acids is 1. The highest BCUT2D eigenvalue weighted by atomic mass is 16.4. The molecule has 4 atom stereocenters. The second kappa shape index (κ2) is 3.36. The van der Waals surface area contributed by atoms with Crippen molar-refractivity contribution >= 4 is 5.97 Å². The van der Waals surface area contributed by atoms with E-state index in [4.69, 9.17) is 20.4 Å². The molecule has 0 radical (unpaired) electrons. The van der Waals surface area contributed by atoms with Crippen LogP contribution in [0.1, 0.15) is 0 Å². The zero-order valence-electron chi connectivity index (χ0n) is 6.21. The monoisotopic (exact) mass is 177 g/mol. The first kappa shape index (κ1) is 9.40. The highest BCUT2D eigenvalue weighted by Gasteiger charge is 2.39. The first-order valence-corrected chi connectivity index (χ1v) is 3.54. The largest absolute Gasteiger partial charge is 0.480 e. The summed E-state index contributed by atoms with van der Waals surface area (Å²) in [7, 11) is 0. The van der Waals surface area contributed by atoms with Crippen LogP contribution in [0.2, 0.25) is 0 Å². The van der Waals surface area contributed by atoms with Crippen LogP contribution in [0.5, 0.6) is 0 Å². The number of aliphatic carboxylic acids is 1. The van der Waals surface area contributed by atoms with Crippen LogP contribution in [0.25, 0.3) is 0 Å². The van der Waals surface area contributed by atoms with Crippen molar-refractivity contribution in [2.75, 3.05) is 6.54 Å². The molecular weight excluding hydrogens is 166 g/mol. The van der Waals surface area contributed by atoms with Gasteiger partial charge in [0.2, 0.25) is 0 Å². The summed E-state index contributed by atoms with van der Waals surface area (Å²) in [5.41, 5.74) is 0. The molecule has 1 fully saturated rings. The number of rotatable bonds is 1. The van der Waals surface area contributed by atoms with Gasteiger partial charge in [-0.1, -0.05) is 0 Å². The molecule has 0 aromatic rings. The van der Waals surface area contributed by atoms with E-state index in [9.17, 15) is 4.79 Å². The van der Waals surface area contributed by atoms with Crippen molar-refractivity contribution in [1.82, 2.24) is 5.32 Å². The van der Waals surface area contributed by atoms with Crippen LogP contribution < -0.4 is 5.32 Å². The molecule has 1 heterocycles. The maximum Gasteiger partial charge on any atom is 0.323 e. The molecule has 4 unspecified atom stereocenters. The Labute approximate surface area is 68.4 Å². The fourth-order valence-corrected chi connectivity index (χ4v) is 1.15. The summed E-state index contributed by atoms with van der Waals surface area (Å²) in [6, 6.07) is -1.21. The second-order valence-electron chi connectivity index (χ2n) is 2.77. The number of carbonyl (C=O) groups is 1. The lowest BCUT2D eigenvalue weighted by molar-refractivity contribution is -0.152. The van der Waals surface area contributed by atoms with Gasteiger partial charge in [-0.05, 0) is 0 Å². The summed E-state index contributed by atoms with van der Waals surface area (Å²) >= 11 is 0. The molecular formula is C6H11NO5. The Bertz CT molecular complexity index is 185. The first-order valence-electron chi connectivity index (χ1n) is 3.54. The van der Waals surface area contributed by atoms with Gasteiger partial charge in [0.15, 0.2) is 0 Å². The smallest absolute Gasteiger partial charge is 0.323 e. The number of hydrogen-bond acceptors (Lipinski definition) is 5. The van der Waals surface area contributed by atoms with Crippen molar-refractivity contribution in [1.29, 1.82) is 0 Å².